The van der Waals surface area contributed by atoms with Crippen LogP contribution in [0.25, 0.3) is 10.9 Å². The Labute approximate surface area is 220 Å². The molecule has 6 rings (SSSR count). The first-order chi connectivity index (χ1) is 18.4. The molecule has 5 atom stereocenters. The second-order valence-corrected chi connectivity index (χ2v) is 10.0. The first-order valence-corrected chi connectivity index (χ1v) is 12.5. The van der Waals surface area contributed by atoms with E-state index in [1.54, 1.807) is 12.3 Å². The summed E-state index contributed by atoms with van der Waals surface area (Å²) in [5, 5.41) is 5.89. The van der Waals surface area contributed by atoms with E-state index in [1.807, 2.05) is 30.3 Å². The summed E-state index contributed by atoms with van der Waals surface area (Å²) in [7, 11) is 0. The Morgan fingerprint density at radius 3 is 2.36 bits per heavy atom. The average Bonchev–Trinajstić information content (AvgIpc) is 2.90. The molecule has 11 heteroatoms. The van der Waals surface area contributed by atoms with Gasteiger partial charge >= 0.3 is 18.4 Å². The standard InChI is InChI=1S/C28H26F6N4O/c1-2-16-15-38-10-8-17(16)11-24(38)25(22-7-9-35-23-6-4-3-5-21(22)23)37-26(39)36-20-13-18(27(29,30)31)12-19(14-20)28(32,33)34/h2-7,9,12-14,16-17,24-25H,1,8,10-11,15H2,(H2,36,37,39)/t16?,17?,24?,25-/m1/s1. The summed E-state index contributed by atoms with van der Waals surface area (Å²) in [6, 6.07) is 8.53. The number of halogens is 6. The number of nitrogens with one attached hydrogen (secondary N) is 2. The number of hydrogen-bond donors (Lipinski definition) is 2. The number of hydrogen-bond acceptors (Lipinski definition) is 3. The lowest BCUT2D eigenvalue weighted by molar-refractivity contribution is -0.143. The number of carbonyl (C=O) groups excluding carboxylic acids is 1. The van der Waals surface area contributed by atoms with Crippen LogP contribution in [-0.2, 0) is 12.4 Å². The Morgan fingerprint density at radius 1 is 1.05 bits per heavy atom. The molecule has 206 valence electrons. The molecule has 0 spiro atoms. The van der Waals surface area contributed by atoms with Crippen molar-refractivity contribution in [3.05, 3.63) is 84.1 Å². The molecule has 3 aliphatic rings. The molecule has 4 unspecified atom stereocenters. The van der Waals surface area contributed by atoms with Crippen LogP contribution in [0, 0.1) is 11.8 Å². The lowest BCUT2D eigenvalue weighted by atomic mass is 9.73. The molecule has 3 aromatic rings. The fraction of sp³-hybridized carbons (Fsp3) is 0.357. The predicted molar refractivity (Wildman–Crippen MR) is 135 cm³/mol. The van der Waals surface area contributed by atoms with E-state index in [0.717, 1.165) is 36.9 Å². The number of aromatic nitrogens is 1. The van der Waals surface area contributed by atoms with Gasteiger partial charge in [0.15, 0.2) is 0 Å². The van der Waals surface area contributed by atoms with Gasteiger partial charge in [-0.1, -0.05) is 24.3 Å². The second kappa shape index (κ2) is 10.2. The van der Waals surface area contributed by atoms with Gasteiger partial charge < -0.3 is 10.6 Å². The molecular weight excluding hydrogens is 522 g/mol. The zero-order valence-electron chi connectivity index (χ0n) is 20.7. The van der Waals surface area contributed by atoms with E-state index in [1.165, 1.54) is 0 Å². The molecule has 3 fully saturated rings. The van der Waals surface area contributed by atoms with Gasteiger partial charge in [-0.05, 0) is 67.1 Å². The monoisotopic (exact) mass is 548 g/mol. The smallest absolute Gasteiger partial charge is 0.329 e. The summed E-state index contributed by atoms with van der Waals surface area (Å²) in [5.74, 6) is 0.667. The van der Waals surface area contributed by atoms with Crippen molar-refractivity contribution in [1.29, 1.82) is 0 Å². The Morgan fingerprint density at radius 2 is 1.74 bits per heavy atom. The van der Waals surface area contributed by atoms with Gasteiger partial charge in [0.25, 0.3) is 0 Å². The van der Waals surface area contributed by atoms with Crippen molar-refractivity contribution in [1.82, 2.24) is 15.2 Å². The molecular formula is C28H26F6N4O. The van der Waals surface area contributed by atoms with E-state index < -0.39 is 41.2 Å². The Hall–Kier alpha value is -3.60. The minimum atomic E-state index is -5.02. The molecule has 5 nitrogen and oxygen atoms in total. The lowest BCUT2D eigenvalue weighted by Crippen LogP contribution is -2.57. The van der Waals surface area contributed by atoms with Crippen molar-refractivity contribution >= 4 is 22.6 Å². The van der Waals surface area contributed by atoms with Gasteiger partial charge in [-0.2, -0.15) is 26.3 Å². The fourth-order valence-corrected chi connectivity index (χ4v) is 5.83. The molecule has 0 saturated carbocycles. The lowest BCUT2D eigenvalue weighted by Gasteiger charge is -2.51. The van der Waals surface area contributed by atoms with Crippen LogP contribution in [0.5, 0.6) is 0 Å². The third-order valence-corrected chi connectivity index (χ3v) is 7.69. The maximum Gasteiger partial charge on any atom is 0.416 e. The molecule has 3 saturated heterocycles. The summed E-state index contributed by atoms with van der Waals surface area (Å²) in [6.07, 6.45) is -4.76. The maximum atomic E-state index is 13.3. The predicted octanol–water partition coefficient (Wildman–Crippen LogP) is 7.03. The molecule has 1 aromatic heterocycles. The second-order valence-electron chi connectivity index (χ2n) is 10.0. The molecule has 2 N–H and O–H groups in total. The van der Waals surface area contributed by atoms with Gasteiger partial charge in [0, 0.05) is 29.9 Å². The SMILES string of the molecule is C=CC1CN2CCC1CC2[C@H](NC(=O)Nc1cc(C(F)(F)F)cc(C(F)(F)F)c1)c1ccnc2ccccc12. The number of pyridine rings is 1. The quantitative estimate of drug-likeness (QED) is 0.266. The van der Waals surface area contributed by atoms with Gasteiger partial charge in [0.05, 0.1) is 22.7 Å². The van der Waals surface area contributed by atoms with Crippen LogP contribution in [0.2, 0.25) is 0 Å². The van der Waals surface area contributed by atoms with Gasteiger partial charge in [0.1, 0.15) is 0 Å². The van der Waals surface area contributed by atoms with E-state index in [0.29, 0.717) is 29.5 Å². The van der Waals surface area contributed by atoms with Crippen LogP contribution in [0.15, 0.2) is 67.4 Å². The van der Waals surface area contributed by atoms with Gasteiger partial charge in [-0.3, -0.25) is 9.88 Å². The highest BCUT2D eigenvalue weighted by atomic mass is 19.4. The van der Waals surface area contributed by atoms with E-state index in [-0.39, 0.29) is 12.1 Å². The van der Waals surface area contributed by atoms with Crippen molar-refractivity contribution in [2.45, 2.75) is 37.3 Å². The normalized spacial score (nSPS) is 23.8. The van der Waals surface area contributed by atoms with E-state index in [9.17, 15) is 31.1 Å². The van der Waals surface area contributed by atoms with Crippen LogP contribution >= 0.6 is 0 Å². The average molecular weight is 549 g/mol. The number of piperidine rings is 3. The Balaban J connectivity index is 1.48. The highest BCUT2D eigenvalue weighted by Gasteiger charge is 2.43. The summed E-state index contributed by atoms with van der Waals surface area (Å²) >= 11 is 0. The van der Waals surface area contributed by atoms with Crippen molar-refractivity contribution in [2.24, 2.45) is 11.8 Å². The van der Waals surface area contributed by atoms with Crippen molar-refractivity contribution in [3.63, 3.8) is 0 Å². The molecule has 4 heterocycles. The first kappa shape index (κ1) is 27.0. The Kier molecular flexibility index (Phi) is 7.04. The van der Waals surface area contributed by atoms with E-state index >= 15 is 0 Å². The molecule has 39 heavy (non-hydrogen) atoms. The number of amides is 2. The highest BCUT2D eigenvalue weighted by Crippen LogP contribution is 2.42. The van der Waals surface area contributed by atoms with Crippen LogP contribution in [0.1, 0.15) is 35.6 Å². The van der Waals surface area contributed by atoms with Crippen molar-refractivity contribution < 1.29 is 31.1 Å². The Bertz CT molecular complexity index is 1350. The van der Waals surface area contributed by atoms with Crippen LogP contribution in [-0.4, -0.2) is 35.0 Å². The number of anilines is 1. The van der Waals surface area contributed by atoms with E-state index in [2.05, 4.69) is 27.1 Å². The number of carbonyl (C=O) groups is 1. The zero-order chi connectivity index (χ0) is 27.9. The number of urea groups is 1. The number of benzene rings is 2. The summed E-state index contributed by atoms with van der Waals surface area (Å²) in [5.41, 5.74) is -2.14. The number of rotatable bonds is 5. The van der Waals surface area contributed by atoms with Gasteiger partial charge in [0.2, 0.25) is 0 Å². The molecule has 2 bridgehead atoms. The maximum absolute atomic E-state index is 13.3. The van der Waals surface area contributed by atoms with Crippen LogP contribution in [0.3, 0.4) is 0 Å². The summed E-state index contributed by atoms with van der Waals surface area (Å²) < 4.78 is 80.0. The molecule has 2 amide bonds. The number of alkyl halides is 6. The molecule has 0 radical (unpaired) electrons. The number of para-hydroxylation sites is 1. The minimum Gasteiger partial charge on any atom is -0.329 e. The third-order valence-electron chi connectivity index (χ3n) is 7.69. The topological polar surface area (TPSA) is 57.3 Å². The molecule has 2 aromatic carbocycles. The summed E-state index contributed by atoms with van der Waals surface area (Å²) in [6.45, 7) is 5.51. The van der Waals surface area contributed by atoms with Crippen molar-refractivity contribution in [3.8, 4) is 0 Å². The molecule has 3 aliphatic heterocycles. The summed E-state index contributed by atoms with van der Waals surface area (Å²) in [4.78, 5) is 19.8. The zero-order valence-corrected chi connectivity index (χ0v) is 20.7. The highest BCUT2D eigenvalue weighted by molar-refractivity contribution is 5.91. The third kappa shape index (κ3) is 5.59. The van der Waals surface area contributed by atoms with Gasteiger partial charge in [-0.15, -0.1) is 6.58 Å². The number of nitrogens with zero attached hydrogens (tertiary/aromatic N) is 2. The van der Waals surface area contributed by atoms with Gasteiger partial charge in [-0.25, -0.2) is 4.79 Å². The first-order valence-electron chi connectivity index (χ1n) is 12.5. The number of fused-ring (bicyclic) bond motifs is 4. The van der Waals surface area contributed by atoms with Crippen LogP contribution < -0.4 is 10.6 Å². The minimum absolute atomic E-state index is 0.0249. The van der Waals surface area contributed by atoms with Crippen molar-refractivity contribution in [2.75, 3.05) is 18.4 Å². The van der Waals surface area contributed by atoms with E-state index in [4.69, 9.17) is 0 Å². The molecule has 0 aliphatic carbocycles. The largest absolute Gasteiger partial charge is 0.416 e. The van der Waals surface area contributed by atoms with Crippen LogP contribution in [0.4, 0.5) is 36.8 Å². The fourth-order valence-electron chi connectivity index (χ4n) is 5.83.